The smallest absolute Gasteiger partial charge is 0.148 e. The molecule has 0 aliphatic heterocycles. The number of hydrogen-bond acceptors (Lipinski definition) is 2. The highest BCUT2D eigenvalue weighted by atomic mass is 79.9. The third-order valence-electron chi connectivity index (χ3n) is 2.64. The fourth-order valence-electron chi connectivity index (χ4n) is 1.80. The lowest BCUT2D eigenvalue weighted by molar-refractivity contribution is 0.613. The first-order valence-electron chi connectivity index (χ1n) is 5.07. The van der Waals surface area contributed by atoms with Crippen LogP contribution in [0.1, 0.15) is 11.1 Å². The molecule has 0 spiro atoms. The van der Waals surface area contributed by atoms with Gasteiger partial charge < -0.3 is 4.98 Å². The molecule has 3 aromatic rings. The number of rotatable bonds is 2. The van der Waals surface area contributed by atoms with Gasteiger partial charge in [0.1, 0.15) is 11.5 Å². The molecule has 0 fully saturated rings. The van der Waals surface area contributed by atoms with Crippen LogP contribution < -0.4 is 0 Å². The fraction of sp³-hybridized carbons (Fsp3) is 0.0833. The minimum atomic E-state index is -0.182. The summed E-state index contributed by atoms with van der Waals surface area (Å²) < 4.78 is 15.6. The number of nitrogens with zero attached hydrogens (tertiary/aromatic N) is 1. The zero-order valence-corrected chi connectivity index (χ0v) is 11.1. The van der Waals surface area contributed by atoms with Crippen molar-refractivity contribution >= 4 is 37.6 Å². The van der Waals surface area contributed by atoms with Gasteiger partial charge >= 0.3 is 0 Å². The van der Waals surface area contributed by atoms with E-state index in [0.29, 0.717) is 12.0 Å². The number of aromatic nitrogens is 2. The van der Waals surface area contributed by atoms with E-state index in [1.54, 1.807) is 22.9 Å². The van der Waals surface area contributed by atoms with E-state index in [0.717, 1.165) is 20.4 Å². The Kier molecular flexibility index (Phi) is 2.72. The van der Waals surface area contributed by atoms with Crippen LogP contribution in [-0.4, -0.2) is 9.97 Å². The van der Waals surface area contributed by atoms with Crippen LogP contribution in [0.15, 0.2) is 34.4 Å². The average molecular weight is 311 g/mol. The monoisotopic (exact) mass is 310 g/mol. The Labute approximate surface area is 110 Å². The Bertz CT molecular complexity index is 674. The molecule has 2 nitrogen and oxygen atoms in total. The topological polar surface area (TPSA) is 28.7 Å². The maximum Gasteiger partial charge on any atom is 0.148 e. The molecule has 17 heavy (non-hydrogen) atoms. The molecule has 2 heterocycles. The summed E-state index contributed by atoms with van der Waals surface area (Å²) in [5, 5.41) is 0. The highest BCUT2D eigenvalue weighted by Gasteiger charge is 2.09. The summed E-state index contributed by atoms with van der Waals surface area (Å²) in [4.78, 5) is 7.27. The van der Waals surface area contributed by atoms with Crippen LogP contribution >= 0.6 is 27.3 Å². The largest absolute Gasteiger partial charge is 0.345 e. The van der Waals surface area contributed by atoms with Gasteiger partial charge in [-0.25, -0.2) is 9.37 Å². The number of benzene rings is 1. The lowest BCUT2D eigenvalue weighted by Crippen LogP contribution is -1.91. The molecular formula is C12H8BrFN2S. The van der Waals surface area contributed by atoms with Gasteiger partial charge in [-0.3, -0.25) is 0 Å². The Morgan fingerprint density at radius 1 is 1.35 bits per heavy atom. The number of nitrogens with one attached hydrogen (secondary N) is 1. The second kappa shape index (κ2) is 4.23. The van der Waals surface area contributed by atoms with E-state index in [4.69, 9.17) is 0 Å². The fourth-order valence-corrected chi connectivity index (χ4v) is 2.90. The van der Waals surface area contributed by atoms with Gasteiger partial charge in [0.05, 0.1) is 10.2 Å². The van der Waals surface area contributed by atoms with Gasteiger partial charge in [0.15, 0.2) is 0 Å². The summed E-state index contributed by atoms with van der Waals surface area (Å²) >= 11 is 4.83. The Balaban J connectivity index is 2.00. The second-order valence-electron chi connectivity index (χ2n) is 3.76. The van der Waals surface area contributed by atoms with E-state index in [9.17, 15) is 4.39 Å². The van der Waals surface area contributed by atoms with E-state index in [-0.39, 0.29) is 5.82 Å². The predicted molar refractivity (Wildman–Crippen MR) is 70.9 cm³/mol. The molecule has 0 bridgehead atoms. The van der Waals surface area contributed by atoms with Gasteiger partial charge in [0, 0.05) is 17.1 Å². The first-order valence-corrected chi connectivity index (χ1v) is 6.74. The molecule has 0 aliphatic rings. The van der Waals surface area contributed by atoms with Gasteiger partial charge in [-0.15, -0.1) is 11.3 Å². The number of H-pyrrole nitrogens is 1. The van der Waals surface area contributed by atoms with E-state index in [1.165, 1.54) is 6.07 Å². The SMILES string of the molecule is Fc1cc(Br)ccc1Cc1c[nH]c2ncsc12. The Hall–Kier alpha value is -1.20. The molecule has 5 heteroatoms. The van der Waals surface area contributed by atoms with Gasteiger partial charge in [-0.2, -0.15) is 0 Å². The van der Waals surface area contributed by atoms with Crippen molar-refractivity contribution in [2.45, 2.75) is 6.42 Å². The first-order chi connectivity index (χ1) is 8.24. The van der Waals surface area contributed by atoms with Crippen molar-refractivity contribution in [1.29, 1.82) is 0 Å². The van der Waals surface area contributed by atoms with Gasteiger partial charge in [0.2, 0.25) is 0 Å². The molecule has 3 rings (SSSR count). The standard InChI is InChI=1S/C12H8BrFN2S/c13-9-2-1-7(10(14)4-9)3-8-5-15-12-11(8)17-6-16-12/h1-2,4-6,15H,3H2. The van der Waals surface area contributed by atoms with Gasteiger partial charge in [-0.1, -0.05) is 22.0 Å². The van der Waals surface area contributed by atoms with Crippen molar-refractivity contribution in [1.82, 2.24) is 9.97 Å². The lowest BCUT2D eigenvalue weighted by atomic mass is 10.1. The highest BCUT2D eigenvalue weighted by molar-refractivity contribution is 9.10. The summed E-state index contributed by atoms with van der Waals surface area (Å²) in [6.45, 7) is 0. The molecule has 0 atom stereocenters. The first kappa shape index (κ1) is 10.9. The van der Waals surface area contributed by atoms with E-state index < -0.39 is 0 Å². The van der Waals surface area contributed by atoms with Crippen LogP contribution in [0.4, 0.5) is 4.39 Å². The van der Waals surface area contributed by atoms with E-state index >= 15 is 0 Å². The summed E-state index contributed by atoms with van der Waals surface area (Å²) in [6.07, 6.45) is 2.48. The maximum absolute atomic E-state index is 13.7. The normalized spacial score (nSPS) is 11.2. The molecule has 86 valence electrons. The number of hydrogen-bond donors (Lipinski definition) is 1. The number of thiazole rings is 1. The molecule has 1 N–H and O–H groups in total. The van der Waals surface area contributed by atoms with Crippen molar-refractivity contribution in [2.75, 3.05) is 0 Å². The zero-order chi connectivity index (χ0) is 11.8. The molecule has 0 radical (unpaired) electrons. The van der Waals surface area contributed by atoms with Crippen molar-refractivity contribution in [3.8, 4) is 0 Å². The quantitative estimate of drug-likeness (QED) is 0.758. The van der Waals surface area contributed by atoms with Crippen molar-refractivity contribution in [3.05, 3.63) is 51.3 Å². The van der Waals surface area contributed by atoms with Gasteiger partial charge in [0.25, 0.3) is 0 Å². The lowest BCUT2D eigenvalue weighted by Gasteiger charge is -2.02. The maximum atomic E-state index is 13.7. The van der Waals surface area contributed by atoms with Crippen LogP contribution in [0.25, 0.3) is 10.3 Å². The zero-order valence-electron chi connectivity index (χ0n) is 8.71. The third-order valence-corrected chi connectivity index (χ3v) is 4.03. The molecule has 2 aromatic heterocycles. The van der Waals surface area contributed by atoms with E-state index in [2.05, 4.69) is 25.9 Å². The van der Waals surface area contributed by atoms with Gasteiger partial charge in [-0.05, 0) is 23.3 Å². The summed E-state index contributed by atoms with van der Waals surface area (Å²) in [5.74, 6) is -0.182. The van der Waals surface area contributed by atoms with Crippen molar-refractivity contribution < 1.29 is 4.39 Å². The molecule has 0 saturated carbocycles. The predicted octanol–water partition coefficient (Wildman–Crippen LogP) is 4.12. The molecule has 0 amide bonds. The molecule has 0 aliphatic carbocycles. The van der Waals surface area contributed by atoms with E-state index in [1.807, 2.05) is 12.3 Å². The highest BCUT2D eigenvalue weighted by Crippen LogP contribution is 2.25. The Morgan fingerprint density at radius 3 is 3.06 bits per heavy atom. The number of aromatic amines is 1. The molecule has 1 aromatic carbocycles. The molecule has 0 saturated heterocycles. The van der Waals surface area contributed by atoms with Crippen molar-refractivity contribution in [3.63, 3.8) is 0 Å². The van der Waals surface area contributed by atoms with Crippen LogP contribution in [0.2, 0.25) is 0 Å². The minimum absolute atomic E-state index is 0.182. The molecular weight excluding hydrogens is 303 g/mol. The summed E-state index contributed by atoms with van der Waals surface area (Å²) in [5.41, 5.74) is 4.46. The number of fused-ring (bicyclic) bond motifs is 1. The number of halogens is 2. The third kappa shape index (κ3) is 2.00. The Morgan fingerprint density at radius 2 is 2.24 bits per heavy atom. The molecule has 0 unspecified atom stereocenters. The summed E-state index contributed by atoms with van der Waals surface area (Å²) in [7, 11) is 0. The minimum Gasteiger partial charge on any atom is -0.345 e. The second-order valence-corrected chi connectivity index (χ2v) is 5.53. The van der Waals surface area contributed by atoms with Crippen LogP contribution in [-0.2, 0) is 6.42 Å². The van der Waals surface area contributed by atoms with Crippen LogP contribution in [0.5, 0.6) is 0 Å². The van der Waals surface area contributed by atoms with Crippen molar-refractivity contribution in [2.24, 2.45) is 0 Å². The van der Waals surface area contributed by atoms with Crippen LogP contribution in [0.3, 0.4) is 0 Å². The average Bonchev–Trinajstić information content (AvgIpc) is 2.86. The summed E-state index contributed by atoms with van der Waals surface area (Å²) in [6, 6.07) is 5.15. The van der Waals surface area contributed by atoms with Crippen LogP contribution in [0, 0.1) is 5.82 Å².